The fraction of sp³-hybridized carbons (Fsp3) is 0.333. The Kier molecular flexibility index (Phi) is 3.47. The van der Waals surface area contributed by atoms with Gasteiger partial charge in [0, 0.05) is 31.5 Å². The first-order valence-electron chi connectivity index (χ1n) is 6.76. The van der Waals surface area contributed by atoms with E-state index in [4.69, 9.17) is 11.6 Å². The van der Waals surface area contributed by atoms with Gasteiger partial charge in [-0.3, -0.25) is 9.36 Å². The number of fused-ring (bicyclic) bond motifs is 1. The normalized spacial score (nSPS) is 13.0. The van der Waals surface area contributed by atoms with E-state index in [1.807, 2.05) is 38.2 Å². The van der Waals surface area contributed by atoms with Gasteiger partial charge in [0.2, 0.25) is 0 Å². The van der Waals surface area contributed by atoms with Crippen molar-refractivity contribution in [3.05, 3.63) is 46.4 Å². The molecule has 6 heteroatoms. The van der Waals surface area contributed by atoms with Crippen LogP contribution < -0.4 is 0 Å². The predicted octanol–water partition coefficient (Wildman–Crippen LogP) is 2.54. The maximum absolute atomic E-state index is 10.6. The van der Waals surface area contributed by atoms with Gasteiger partial charge in [-0.25, -0.2) is 0 Å². The molecular weight excluding hydrogens is 288 g/mol. The number of halogens is 1. The van der Waals surface area contributed by atoms with Gasteiger partial charge < -0.3 is 5.11 Å². The number of benzene rings is 1. The van der Waals surface area contributed by atoms with Crippen LogP contribution in [0.2, 0.25) is 5.15 Å². The van der Waals surface area contributed by atoms with E-state index in [9.17, 15) is 5.11 Å². The van der Waals surface area contributed by atoms with Crippen LogP contribution in [-0.4, -0.2) is 24.7 Å². The molecule has 1 aromatic carbocycles. The molecule has 2 aromatic heterocycles. The third-order valence-electron chi connectivity index (χ3n) is 3.77. The van der Waals surface area contributed by atoms with E-state index in [2.05, 4.69) is 10.2 Å². The molecule has 0 aliphatic heterocycles. The Morgan fingerprint density at radius 1 is 1.19 bits per heavy atom. The van der Waals surface area contributed by atoms with Crippen molar-refractivity contribution in [1.82, 2.24) is 19.6 Å². The van der Waals surface area contributed by atoms with Crippen LogP contribution in [0.1, 0.15) is 23.1 Å². The van der Waals surface area contributed by atoms with Crippen molar-refractivity contribution in [3.63, 3.8) is 0 Å². The van der Waals surface area contributed by atoms with Gasteiger partial charge >= 0.3 is 0 Å². The zero-order chi connectivity index (χ0) is 15.1. The molecule has 0 spiro atoms. The third kappa shape index (κ3) is 2.32. The molecule has 0 aliphatic carbocycles. The standard InChI is InChI=1S/C15H17ClN4O/c1-9-11(15(16)20(3)17-9)8-13(21)14-10-6-4-5-7-12(10)19(2)18-14/h4-7,13,21H,8H2,1-3H3. The summed E-state index contributed by atoms with van der Waals surface area (Å²) in [6.45, 7) is 1.89. The zero-order valence-corrected chi connectivity index (χ0v) is 13.0. The second-order valence-electron chi connectivity index (χ2n) is 5.22. The highest BCUT2D eigenvalue weighted by Crippen LogP contribution is 2.29. The first-order chi connectivity index (χ1) is 9.99. The summed E-state index contributed by atoms with van der Waals surface area (Å²) in [5, 5.41) is 20.8. The molecule has 0 saturated carbocycles. The van der Waals surface area contributed by atoms with E-state index in [0.717, 1.165) is 22.2 Å². The first-order valence-corrected chi connectivity index (χ1v) is 7.14. The van der Waals surface area contributed by atoms with Crippen LogP contribution in [0, 0.1) is 6.92 Å². The van der Waals surface area contributed by atoms with Crippen molar-refractivity contribution < 1.29 is 5.11 Å². The largest absolute Gasteiger partial charge is 0.386 e. The summed E-state index contributed by atoms with van der Waals surface area (Å²) >= 11 is 6.23. The smallest absolute Gasteiger partial charge is 0.130 e. The third-order valence-corrected chi connectivity index (χ3v) is 4.24. The summed E-state index contributed by atoms with van der Waals surface area (Å²) in [6.07, 6.45) is -0.309. The number of rotatable bonds is 3. The molecule has 3 aromatic rings. The minimum atomic E-state index is -0.712. The second-order valence-corrected chi connectivity index (χ2v) is 5.58. The van der Waals surface area contributed by atoms with Gasteiger partial charge in [-0.1, -0.05) is 29.8 Å². The minimum Gasteiger partial charge on any atom is -0.386 e. The molecule has 110 valence electrons. The molecule has 2 heterocycles. The highest BCUT2D eigenvalue weighted by molar-refractivity contribution is 6.30. The first kappa shape index (κ1) is 14.1. The van der Waals surface area contributed by atoms with E-state index in [1.165, 1.54) is 0 Å². The van der Waals surface area contributed by atoms with E-state index < -0.39 is 6.10 Å². The Hall–Kier alpha value is -1.85. The maximum atomic E-state index is 10.6. The van der Waals surface area contributed by atoms with Crippen LogP contribution in [0.5, 0.6) is 0 Å². The lowest BCUT2D eigenvalue weighted by atomic mass is 10.0. The summed E-state index contributed by atoms with van der Waals surface area (Å²) < 4.78 is 3.40. The van der Waals surface area contributed by atoms with Gasteiger partial charge in [-0.2, -0.15) is 10.2 Å². The molecule has 3 rings (SSSR count). The molecule has 1 atom stereocenters. The van der Waals surface area contributed by atoms with Gasteiger partial charge in [0.15, 0.2) is 0 Å². The fourth-order valence-corrected chi connectivity index (χ4v) is 2.94. The molecule has 1 unspecified atom stereocenters. The van der Waals surface area contributed by atoms with Crippen molar-refractivity contribution in [2.24, 2.45) is 14.1 Å². The number of aliphatic hydroxyl groups excluding tert-OH is 1. The number of aromatic nitrogens is 4. The van der Waals surface area contributed by atoms with Crippen molar-refractivity contribution in [3.8, 4) is 0 Å². The molecule has 0 aliphatic rings. The predicted molar refractivity (Wildman–Crippen MR) is 82.3 cm³/mol. The van der Waals surface area contributed by atoms with Crippen molar-refractivity contribution >= 4 is 22.5 Å². The molecule has 1 N–H and O–H groups in total. The maximum Gasteiger partial charge on any atom is 0.130 e. The molecule has 0 bridgehead atoms. The Balaban J connectivity index is 1.99. The molecule has 0 fully saturated rings. The fourth-order valence-electron chi connectivity index (χ4n) is 2.68. The molecule has 0 amide bonds. The number of hydrogen-bond donors (Lipinski definition) is 1. The average Bonchev–Trinajstić information content (AvgIpc) is 2.92. The molecular formula is C15H17ClN4O. The van der Waals surface area contributed by atoms with Gasteiger partial charge in [-0.15, -0.1) is 0 Å². The lowest BCUT2D eigenvalue weighted by molar-refractivity contribution is 0.174. The number of nitrogens with zero attached hydrogens (tertiary/aromatic N) is 4. The van der Waals surface area contributed by atoms with Crippen LogP contribution >= 0.6 is 11.6 Å². The summed E-state index contributed by atoms with van der Waals surface area (Å²) in [5.74, 6) is 0. The van der Waals surface area contributed by atoms with E-state index >= 15 is 0 Å². The molecule has 0 radical (unpaired) electrons. The van der Waals surface area contributed by atoms with Gasteiger partial charge in [0.1, 0.15) is 11.3 Å². The Morgan fingerprint density at radius 2 is 1.90 bits per heavy atom. The highest BCUT2D eigenvalue weighted by atomic mass is 35.5. The number of hydrogen-bond acceptors (Lipinski definition) is 3. The lowest BCUT2D eigenvalue weighted by Gasteiger charge is -2.08. The Morgan fingerprint density at radius 3 is 2.57 bits per heavy atom. The summed E-state index contributed by atoms with van der Waals surface area (Å²) in [4.78, 5) is 0. The number of aliphatic hydroxyl groups is 1. The van der Waals surface area contributed by atoms with E-state index in [0.29, 0.717) is 17.3 Å². The Bertz CT molecular complexity index is 805. The summed E-state index contributed by atoms with van der Waals surface area (Å²) in [7, 11) is 3.67. The highest BCUT2D eigenvalue weighted by Gasteiger charge is 2.21. The lowest BCUT2D eigenvalue weighted by Crippen LogP contribution is -2.05. The molecule has 21 heavy (non-hydrogen) atoms. The van der Waals surface area contributed by atoms with Crippen LogP contribution in [0.3, 0.4) is 0 Å². The topological polar surface area (TPSA) is 55.9 Å². The summed E-state index contributed by atoms with van der Waals surface area (Å²) in [6, 6.07) is 7.87. The number of aryl methyl sites for hydroxylation is 3. The van der Waals surface area contributed by atoms with Crippen LogP contribution in [0.4, 0.5) is 0 Å². The van der Waals surface area contributed by atoms with Gasteiger partial charge in [0.25, 0.3) is 0 Å². The van der Waals surface area contributed by atoms with Crippen molar-refractivity contribution in [2.45, 2.75) is 19.4 Å². The molecule has 5 nitrogen and oxygen atoms in total. The monoisotopic (exact) mass is 304 g/mol. The van der Waals surface area contributed by atoms with E-state index in [1.54, 1.807) is 16.4 Å². The Labute approximate surface area is 127 Å². The van der Waals surface area contributed by atoms with Crippen LogP contribution in [-0.2, 0) is 20.5 Å². The van der Waals surface area contributed by atoms with Gasteiger partial charge in [0.05, 0.1) is 16.9 Å². The van der Waals surface area contributed by atoms with Crippen molar-refractivity contribution in [2.75, 3.05) is 0 Å². The summed E-state index contributed by atoms with van der Waals surface area (Å²) in [5.41, 5.74) is 3.37. The van der Waals surface area contributed by atoms with E-state index in [-0.39, 0.29) is 0 Å². The molecule has 0 saturated heterocycles. The SMILES string of the molecule is Cc1nn(C)c(Cl)c1CC(O)c1nn(C)c2ccccc12. The van der Waals surface area contributed by atoms with Crippen molar-refractivity contribution in [1.29, 1.82) is 0 Å². The van der Waals surface area contributed by atoms with Crippen LogP contribution in [0.25, 0.3) is 10.9 Å². The minimum absolute atomic E-state index is 0.402. The average molecular weight is 305 g/mol. The van der Waals surface area contributed by atoms with Gasteiger partial charge in [-0.05, 0) is 13.0 Å². The second kappa shape index (κ2) is 5.16. The number of para-hydroxylation sites is 1. The quantitative estimate of drug-likeness (QED) is 0.809. The van der Waals surface area contributed by atoms with Crippen LogP contribution in [0.15, 0.2) is 24.3 Å². The zero-order valence-electron chi connectivity index (χ0n) is 12.2.